The molecule has 2 aromatic heterocycles. The van der Waals surface area contributed by atoms with E-state index in [1.165, 1.54) is 23.5 Å². The van der Waals surface area contributed by atoms with Gasteiger partial charge in [0.1, 0.15) is 10.7 Å². The van der Waals surface area contributed by atoms with Gasteiger partial charge in [-0.2, -0.15) is 0 Å². The summed E-state index contributed by atoms with van der Waals surface area (Å²) in [5.41, 5.74) is 1.32. The number of aryl methyl sites for hydroxylation is 1. The van der Waals surface area contributed by atoms with Crippen LogP contribution in [0.4, 0.5) is 4.39 Å². The molecule has 0 saturated carbocycles. The molecule has 1 amide bonds. The maximum Gasteiger partial charge on any atom is 0.263 e. The van der Waals surface area contributed by atoms with Gasteiger partial charge in [0.15, 0.2) is 10.8 Å². The van der Waals surface area contributed by atoms with Crippen molar-refractivity contribution in [2.45, 2.75) is 19.9 Å². The first-order chi connectivity index (χ1) is 11.5. The Balaban J connectivity index is 1.79. The molecule has 3 aromatic rings. The maximum absolute atomic E-state index is 13.3. The quantitative estimate of drug-likeness (QED) is 0.787. The van der Waals surface area contributed by atoms with E-state index in [0.29, 0.717) is 27.0 Å². The number of hydrogen-bond acceptors (Lipinski definition) is 5. The molecule has 1 atom stereocenters. The van der Waals surface area contributed by atoms with Crippen molar-refractivity contribution in [3.63, 3.8) is 0 Å². The first-order valence-electron chi connectivity index (χ1n) is 7.35. The molecule has 3 rings (SSSR count). The van der Waals surface area contributed by atoms with Gasteiger partial charge in [0.05, 0.1) is 11.7 Å². The lowest BCUT2D eigenvalue weighted by atomic mass is 10.1. The number of carbonyl (C=O) groups is 1. The molecule has 1 N–H and O–H groups in total. The number of thiazole rings is 1. The summed E-state index contributed by atoms with van der Waals surface area (Å²) in [5.74, 6) is -0.0853. The van der Waals surface area contributed by atoms with Crippen molar-refractivity contribution in [3.8, 4) is 10.8 Å². The molecule has 0 aliphatic heterocycles. The topological polar surface area (TPSA) is 67.8 Å². The Labute approximate surface area is 142 Å². The molecule has 0 fully saturated rings. The second-order valence-electron chi connectivity index (χ2n) is 5.26. The minimum absolute atomic E-state index is 0.246. The van der Waals surface area contributed by atoms with E-state index in [2.05, 4.69) is 20.3 Å². The minimum atomic E-state index is -0.328. The highest BCUT2D eigenvalue weighted by Crippen LogP contribution is 2.25. The van der Waals surface area contributed by atoms with Crippen molar-refractivity contribution in [2.75, 3.05) is 0 Å². The smallest absolute Gasteiger partial charge is 0.263 e. The third-order valence-corrected chi connectivity index (χ3v) is 4.61. The van der Waals surface area contributed by atoms with E-state index in [4.69, 9.17) is 0 Å². The van der Waals surface area contributed by atoms with Crippen LogP contribution in [0.25, 0.3) is 10.8 Å². The zero-order valence-corrected chi connectivity index (χ0v) is 14.0. The van der Waals surface area contributed by atoms with Crippen LogP contribution in [0.2, 0.25) is 0 Å². The summed E-state index contributed by atoms with van der Waals surface area (Å²) in [7, 11) is 0. The Morgan fingerprint density at radius 3 is 2.71 bits per heavy atom. The van der Waals surface area contributed by atoms with Crippen molar-refractivity contribution in [2.24, 2.45) is 0 Å². The van der Waals surface area contributed by atoms with Crippen LogP contribution in [0.3, 0.4) is 0 Å². The lowest BCUT2D eigenvalue weighted by Gasteiger charge is -2.13. The van der Waals surface area contributed by atoms with E-state index < -0.39 is 0 Å². The Hall–Kier alpha value is -2.67. The third-order valence-electron chi connectivity index (χ3n) is 3.46. The van der Waals surface area contributed by atoms with Crippen LogP contribution in [0.15, 0.2) is 42.7 Å². The van der Waals surface area contributed by atoms with E-state index in [0.717, 1.165) is 0 Å². The van der Waals surface area contributed by atoms with E-state index in [1.54, 1.807) is 37.5 Å². The number of amides is 1. The first-order valence-corrected chi connectivity index (χ1v) is 8.17. The average Bonchev–Trinajstić information content (AvgIpc) is 2.97. The molecule has 0 aliphatic carbocycles. The average molecular weight is 342 g/mol. The molecule has 24 heavy (non-hydrogen) atoms. The van der Waals surface area contributed by atoms with Crippen LogP contribution in [-0.4, -0.2) is 20.9 Å². The molecule has 2 heterocycles. The normalized spacial score (nSPS) is 12.0. The number of rotatable bonds is 4. The fourth-order valence-electron chi connectivity index (χ4n) is 2.23. The van der Waals surface area contributed by atoms with Gasteiger partial charge in [-0.05, 0) is 37.6 Å². The molecular weight excluding hydrogens is 327 g/mol. The molecule has 5 nitrogen and oxygen atoms in total. The summed E-state index contributed by atoms with van der Waals surface area (Å²) >= 11 is 1.24. The zero-order valence-electron chi connectivity index (χ0n) is 13.2. The number of carbonyl (C=O) groups excluding carboxylic acids is 1. The van der Waals surface area contributed by atoms with Crippen LogP contribution in [-0.2, 0) is 0 Å². The van der Waals surface area contributed by atoms with Crippen molar-refractivity contribution in [1.82, 2.24) is 20.3 Å². The fourth-order valence-corrected chi connectivity index (χ4v) is 3.15. The van der Waals surface area contributed by atoms with E-state index in [-0.39, 0.29) is 17.8 Å². The Bertz CT molecular complexity index is 866. The largest absolute Gasteiger partial charge is 0.345 e. The molecule has 0 bridgehead atoms. The molecule has 0 aliphatic rings. The molecule has 7 heteroatoms. The van der Waals surface area contributed by atoms with Gasteiger partial charge in [-0.25, -0.2) is 19.3 Å². The second-order valence-corrected chi connectivity index (χ2v) is 6.26. The first kappa shape index (κ1) is 16.2. The highest BCUT2D eigenvalue weighted by Gasteiger charge is 2.19. The molecule has 0 saturated heterocycles. The van der Waals surface area contributed by atoms with Crippen molar-refractivity contribution in [1.29, 1.82) is 0 Å². The summed E-state index contributed by atoms with van der Waals surface area (Å²) in [6.45, 7) is 3.58. The summed E-state index contributed by atoms with van der Waals surface area (Å²) in [4.78, 5) is 25.7. The number of nitrogens with zero attached hydrogens (tertiary/aromatic N) is 3. The van der Waals surface area contributed by atoms with Crippen molar-refractivity contribution < 1.29 is 9.18 Å². The third kappa shape index (κ3) is 3.46. The Kier molecular flexibility index (Phi) is 4.61. The van der Waals surface area contributed by atoms with Crippen molar-refractivity contribution >= 4 is 17.2 Å². The number of benzene rings is 1. The minimum Gasteiger partial charge on any atom is -0.345 e. The van der Waals surface area contributed by atoms with Crippen LogP contribution >= 0.6 is 11.3 Å². The van der Waals surface area contributed by atoms with Gasteiger partial charge in [0.25, 0.3) is 5.91 Å². The Morgan fingerprint density at radius 1 is 1.25 bits per heavy atom. The fraction of sp³-hybridized carbons (Fsp3) is 0.176. The summed E-state index contributed by atoms with van der Waals surface area (Å²) in [6, 6.07) is 7.59. The molecule has 1 unspecified atom stereocenters. The van der Waals surface area contributed by atoms with Gasteiger partial charge < -0.3 is 5.32 Å². The lowest BCUT2D eigenvalue weighted by Crippen LogP contribution is -2.26. The molecule has 0 spiro atoms. The molecule has 122 valence electrons. The highest BCUT2D eigenvalue weighted by molar-refractivity contribution is 7.17. The highest BCUT2D eigenvalue weighted by atomic mass is 32.1. The maximum atomic E-state index is 13.3. The zero-order chi connectivity index (χ0) is 17.1. The molecular formula is C17H15FN4OS. The lowest BCUT2D eigenvalue weighted by molar-refractivity contribution is 0.0943. The van der Waals surface area contributed by atoms with Crippen LogP contribution < -0.4 is 5.32 Å². The van der Waals surface area contributed by atoms with E-state index in [1.807, 2.05) is 6.92 Å². The van der Waals surface area contributed by atoms with Gasteiger partial charge >= 0.3 is 0 Å². The van der Waals surface area contributed by atoms with Crippen LogP contribution in [0, 0.1) is 12.7 Å². The monoisotopic (exact) mass is 342 g/mol. The summed E-state index contributed by atoms with van der Waals surface area (Å²) in [5, 5.41) is 3.46. The summed E-state index contributed by atoms with van der Waals surface area (Å²) in [6.07, 6.45) is 3.26. The number of nitrogens with one attached hydrogen (secondary N) is 1. The number of hydrogen-bond donors (Lipinski definition) is 1. The SMILES string of the molecule is Cc1nc(-c2ncccn2)sc1C(=O)NC(C)c1cccc(F)c1. The van der Waals surface area contributed by atoms with E-state index in [9.17, 15) is 9.18 Å². The van der Waals surface area contributed by atoms with Crippen LogP contribution in [0.1, 0.15) is 33.9 Å². The van der Waals surface area contributed by atoms with Gasteiger partial charge in [-0.3, -0.25) is 4.79 Å². The van der Waals surface area contributed by atoms with E-state index >= 15 is 0 Å². The van der Waals surface area contributed by atoms with Gasteiger partial charge in [-0.1, -0.05) is 12.1 Å². The van der Waals surface area contributed by atoms with Gasteiger partial charge in [0, 0.05) is 12.4 Å². The Morgan fingerprint density at radius 2 is 2.00 bits per heavy atom. The van der Waals surface area contributed by atoms with Crippen LogP contribution in [0.5, 0.6) is 0 Å². The number of aromatic nitrogens is 3. The summed E-state index contributed by atoms with van der Waals surface area (Å²) < 4.78 is 13.3. The van der Waals surface area contributed by atoms with Gasteiger partial charge in [0.2, 0.25) is 0 Å². The standard InChI is InChI=1S/C17H15FN4OS/c1-10(12-5-3-6-13(18)9-12)21-16(23)14-11(2)22-17(24-14)15-19-7-4-8-20-15/h3-10H,1-2H3,(H,21,23). The predicted molar refractivity (Wildman–Crippen MR) is 90.2 cm³/mol. The number of halogens is 1. The molecule has 1 aromatic carbocycles. The van der Waals surface area contributed by atoms with Crippen molar-refractivity contribution in [3.05, 3.63) is 64.7 Å². The van der Waals surface area contributed by atoms with Gasteiger partial charge in [-0.15, -0.1) is 11.3 Å². The predicted octanol–water partition coefficient (Wildman–Crippen LogP) is 3.54. The molecule has 0 radical (unpaired) electrons. The second kappa shape index (κ2) is 6.84.